The first-order valence-corrected chi connectivity index (χ1v) is 10.4. The number of hydrogen-bond acceptors (Lipinski definition) is 6. The van der Waals surface area contributed by atoms with Crippen LogP contribution in [0.5, 0.6) is 5.75 Å². The second-order valence-electron chi connectivity index (χ2n) is 5.69. The topological polar surface area (TPSA) is 96.4 Å². The molecule has 4 rings (SSSR count). The third-order valence-corrected chi connectivity index (χ3v) is 6.84. The number of anilines is 1. The maximum Gasteiger partial charge on any atom is 0.261 e. The molecular formula is C18H11ClN2O4S2. The van der Waals surface area contributed by atoms with Gasteiger partial charge in [0.1, 0.15) is 10.8 Å². The van der Waals surface area contributed by atoms with E-state index in [2.05, 4.69) is 9.71 Å². The van der Waals surface area contributed by atoms with Crippen molar-refractivity contribution in [2.24, 2.45) is 0 Å². The quantitative estimate of drug-likeness (QED) is 0.377. The number of aromatic nitrogens is 1. The Kier molecular flexibility index (Phi) is 4.26. The second kappa shape index (κ2) is 6.49. The summed E-state index contributed by atoms with van der Waals surface area (Å²) in [6.45, 7) is 0. The lowest BCUT2D eigenvalue weighted by Crippen LogP contribution is -2.12. The summed E-state index contributed by atoms with van der Waals surface area (Å²) in [4.78, 5) is 15.1. The van der Waals surface area contributed by atoms with E-state index in [0.29, 0.717) is 27.4 Å². The van der Waals surface area contributed by atoms with Gasteiger partial charge in [-0.15, -0.1) is 11.3 Å². The van der Waals surface area contributed by atoms with E-state index < -0.39 is 10.0 Å². The highest BCUT2D eigenvalue weighted by atomic mass is 35.5. The van der Waals surface area contributed by atoms with Crippen molar-refractivity contribution in [2.75, 3.05) is 4.72 Å². The number of carbonyl (C=O) groups excluding carboxylic acids is 1. The summed E-state index contributed by atoms with van der Waals surface area (Å²) in [7, 11) is -3.74. The molecule has 2 aromatic carbocycles. The van der Waals surface area contributed by atoms with E-state index in [0.717, 1.165) is 4.70 Å². The number of nitrogens with zero attached hydrogens (tertiary/aromatic N) is 1. The normalized spacial score (nSPS) is 11.7. The van der Waals surface area contributed by atoms with E-state index >= 15 is 0 Å². The minimum Gasteiger partial charge on any atom is -0.504 e. The number of aromatic hydroxyl groups is 1. The number of halogens is 1. The molecule has 0 aliphatic heterocycles. The molecule has 0 unspecified atom stereocenters. The van der Waals surface area contributed by atoms with E-state index in [4.69, 9.17) is 11.6 Å². The maximum absolute atomic E-state index is 12.5. The molecular weight excluding hydrogens is 408 g/mol. The van der Waals surface area contributed by atoms with E-state index in [-0.39, 0.29) is 21.5 Å². The molecule has 0 amide bonds. The van der Waals surface area contributed by atoms with Crippen LogP contribution in [0, 0.1) is 0 Å². The van der Waals surface area contributed by atoms with Crippen molar-refractivity contribution in [3.05, 3.63) is 59.4 Å². The Balaban J connectivity index is 1.86. The van der Waals surface area contributed by atoms with E-state index in [1.54, 1.807) is 36.4 Å². The van der Waals surface area contributed by atoms with Crippen molar-refractivity contribution >= 4 is 65.1 Å². The Bertz CT molecular complexity index is 1300. The molecule has 6 nitrogen and oxygen atoms in total. The maximum atomic E-state index is 12.5. The van der Waals surface area contributed by atoms with Gasteiger partial charge in [-0.2, -0.15) is 0 Å². The summed E-state index contributed by atoms with van der Waals surface area (Å²) < 4.78 is 28.8. The highest BCUT2D eigenvalue weighted by Gasteiger charge is 2.19. The van der Waals surface area contributed by atoms with Crippen LogP contribution in [0.1, 0.15) is 10.5 Å². The second-order valence-corrected chi connectivity index (χ2v) is 8.78. The van der Waals surface area contributed by atoms with Crippen LogP contribution in [0.2, 0.25) is 5.15 Å². The van der Waals surface area contributed by atoms with E-state index in [1.807, 2.05) is 0 Å². The Hall–Kier alpha value is -2.68. The molecule has 0 aliphatic carbocycles. The number of benzene rings is 2. The summed E-state index contributed by atoms with van der Waals surface area (Å²) in [5.74, 6) is -0.239. The molecule has 0 saturated carbocycles. The smallest absolute Gasteiger partial charge is 0.261 e. The SMILES string of the molecule is O=Cc1nc(Cl)c2c(sc3ccc(NS(=O)(=O)c4ccccc4)cc32)c1O. The van der Waals surface area contributed by atoms with Gasteiger partial charge in [0.2, 0.25) is 0 Å². The predicted molar refractivity (Wildman–Crippen MR) is 106 cm³/mol. The zero-order valence-electron chi connectivity index (χ0n) is 13.5. The van der Waals surface area contributed by atoms with Gasteiger partial charge < -0.3 is 5.11 Å². The average molecular weight is 419 g/mol. The number of fused-ring (bicyclic) bond motifs is 3. The molecule has 0 atom stereocenters. The summed E-state index contributed by atoms with van der Waals surface area (Å²) in [5.41, 5.74) is 0.213. The van der Waals surface area contributed by atoms with Gasteiger partial charge in [-0.25, -0.2) is 13.4 Å². The monoisotopic (exact) mass is 418 g/mol. The van der Waals surface area contributed by atoms with E-state index in [9.17, 15) is 18.3 Å². The van der Waals surface area contributed by atoms with E-state index in [1.165, 1.54) is 23.5 Å². The van der Waals surface area contributed by atoms with Gasteiger partial charge in [0, 0.05) is 21.2 Å². The molecule has 0 bridgehead atoms. The number of pyridine rings is 1. The number of thiophene rings is 1. The fourth-order valence-electron chi connectivity index (χ4n) is 2.76. The first-order chi connectivity index (χ1) is 12.9. The molecule has 2 aromatic heterocycles. The molecule has 0 radical (unpaired) electrons. The lowest BCUT2D eigenvalue weighted by Gasteiger charge is -2.08. The van der Waals surface area contributed by atoms with Crippen LogP contribution >= 0.6 is 22.9 Å². The lowest BCUT2D eigenvalue weighted by atomic mass is 10.1. The van der Waals surface area contributed by atoms with Crippen LogP contribution in [-0.4, -0.2) is 24.8 Å². The van der Waals surface area contributed by atoms with Crippen molar-refractivity contribution in [2.45, 2.75) is 4.90 Å². The molecule has 2 N–H and O–H groups in total. The Morgan fingerprint density at radius 1 is 1.15 bits per heavy atom. The van der Waals surface area contributed by atoms with Crippen LogP contribution in [-0.2, 0) is 10.0 Å². The zero-order valence-corrected chi connectivity index (χ0v) is 15.9. The fraction of sp³-hybridized carbons (Fsp3) is 0. The van der Waals surface area contributed by atoms with Gasteiger partial charge in [0.05, 0.1) is 9.60 Å². The van der Waals surface area contributed by atoms with Gasteiger partial charge in [-0.05, 0) is 30.3 Å². The molecule has 136 valence electrons. The van der Waals surface area contributed by atoms with Crippen molar-refractivity contribution in [1.82, 2.24) is 4.98 Å². The molecule has 27 heavy (non-hydrogen) atoms. The number of carbonyl (C=O) groups is 1. The zero-order chi connectivity index (χ0) is 19.2. The van der Waals surface area contributed by atoms with Crippen LogP contribution < -0.4 is 4.72 Å². The first-order valence-electron chi connectivity index (χ1n) is 7.68. The molecule has 0 fully saturated rings. The minimum absolute atomic E-state index is 0.0687. The molecule has 4 aromatic rings. The molecule has 2 heterocycles. The van der Waals surface area contributed by atoms with Gasteiger partial charge >= 0.3 is 0 Å². The van der Waals surface area contributed by atoms with Crippen molar-refractivity contribution < 1.29 is 18.3 Å². The van der Waals surface area contributed by atoms with Crippen LogP contribution in [0.25, 0.3) is 20.2 Å². The van der Waals surface area contributed by atoms with Gasteiger partial charge in [0.15, 0.2) is 12.0 Å². The first kappa shape index (κ1) is 17.7. The highest BCUT2D eigenvalue weighted by Crippen LogP contribution is 2.43. The third-order valence-electron chi connectivity index (χ3n) is 3.99. The number of hydrogen-bond donors (Lipinski definition) is 2. The molecule has 0 spiro atoms. The Morgan fingerprint density at radius 3 is 2.59 bits per heavy atom. The highest BCUT2D eigenvalue weighted by molar-refractivity contribution is 7.92. The molecule has 0 aliphatic rings. The fourth-order valence-corrected chi connectivity index (χ4v) is 5.31. The van der Waals surface area contributed by atoms with Gasteiger partial charge in [-0.3, -0.25) is 9.52 Å². The van der Waals surface area contributed by atoms with Gasteiger partial charge in [-0.1, -0.05) is 29.8 Å². The largest absolute Gasteiger partial charge is 0.504 e. The third kappa shape index (κ3) is 3.01. The van der Waals surface area contributed by atoms with Crippen molar-refractivity contribution in [3.63, 3.8) is 0 Å². The van der Waals surface area contributed by atoms with Crippen molar-refractivity contribution in [1.29, 1.82) is 0 Å². The van der Waals surface area contributed by atoms with Crippen LogP contribution in [0.15, 0.2) is 53.4 Å². The summed E-state index contributed by atoms with van der Waals surface area (Å²) in [5, 5.41) is 11.4. The number of aldehydes is 1. The lowest BCUT2D eigenvalue weighted by molar-refractivity contribution is 0.111. The number of sulfonamides is 1. The minimum atomic E-state index is -3.74. The standard InChI is InChI=1S/C18H11ClN2O4S2/c19-18-15-12-8-10(21-27(24,25)11-4-2-1-3-5-11)6-7-14(12)26-17(15)16(23)13(9-22)20-18/h1-9,21,23H. The molecule has 9 heteroatoms. The number of nitrogens with one attached hydrogen (secondary N) is 1. The number of rotatable bonds is 4. The summed E-state index contributed by atoms with van der Waals surface area (Å²) in [6.07, 6.45) is 0.435. The van der Waals surface area contributed by atoms with Crippen LogP contribution in [0.3, 0.4) is 0 Å². The Morgan fingerprint density at radius 2 is 1.89 bits per heavy atom. The predicted octanol–water partition coefficient (Wildman–Crippen LogP) is 4.42. The summed E-state index contributed by atoms with van der Waals surface area (Å²) >= 11 is 7.45. The summed E-state index contributed by atoms with van der Waals surface area (Å²) in [6, 6.07) is 13.0. The van der Waals surface area contributed by atoms with Crippen molar-refractivity contribution in [3.8, 4) is 5.75 Å². The average Bonchev–Trinajstić information content (AvgIpc) is 3.04. The van der Waals surface area contributed by atoms with Gasteiger partial charge in [0.25, 0.3) is 10.0 Å². The van der Waals surface area contributed by atoms with Crippen LogP contribution in [0.4, 0.5) is 5.69 Å². The molecule has 0 saturated heterocycles. The Labute approximate surface area is 163 Å².